The molecule has 0 aromatic carbocycles. The fraction of sp³-hybridized carbons (Fsp3) is 0.824. The van der Waals surface area contributed by atoms with E-state index in [4.69, 9.17) is 9.73 Å². The van der Waals surface area contributed by atoms with Crippen LogP contribution in [0.2, 0.25) is 0 Å². The molecule has 134 valence electrons. The molecular weight excluding hydrogens is 304 g/mol. The van der Waals surface area contributed by atoms with Crippen molar-refractivity contribution in [2.24, 2.45) is 12.0 Å². The molecule has 2 fully saturated rings. The Balaban J connectivity index is 1.62. The van der Waals surface area contributed by atoms with Crippen LogP contribution in [-0.4, -0.2) is 45.5 Å². The third kappa shape index (κ3) is 3.88. The van der Waals surface area contributed by atoms with Gasteiger partial charge in [0.2, 0.25) is 0 Å². The lowest BCUT2D eigenvalue weighted by Gasteiger charge is -2.39. The zero-order valence-corrected chi connectivity index (χ0v) is 15.1. The Morgan fingerprint density at radius 2 is 2.17 bits per heavy atom. The largest absolute Gasteiger partial charge is 0.375 e. The van der Waals surface area contributed by atoms with Crippen molar-refractivity contribution in [1.29, 1.82) is 0 Å². The zero-order chi connectivity index (χ0) is 17.0. The molecule has 0 amide bonds. The monoisotopic (exact) mass is 334 g/mol. The van der Waals surface area contributed by atoms with Gasteiger partial charge in [0.15, 0.2) is 11.8 Å². The van der Waals surface area contributed by atoms with E-state index in [2.05, 4.69) is 27.8 Å². The molecular formula is C17H30N6O. The second-order valence-electron chi connectivity index (χ2n) is 6.99. The standard InChI is InChI=1S/C17H30N6O/c1-4-18-16(19-12-15-22-21-13(2)23(15)3)20-14-7-10-24-17(11-14)8-5-6-9-17/h14H,4-12H2,1-3H3,(H2,18,19,20). The van der Waals surface area contributed by atoms with Crippen molar-refractivity contribution in [3.8, 4) is 0 Å². The van der Waals surface area contributed by atoms with E-state index >= 15 is 0 Å². The smallest absolute Gasteiger partial charge is 0.191 e. The summed E-state index contributed by atoms with van der Waals surface area (Å²) in [5, 5.41) is 15.2. The van der Waals surface area contributed by atoms with Crippen LogP contribution in [0.1, 0.15) is 57.1 Å². The normalized spacial score (nSPS) is 23.6. The third-order valence-electron chi connectivity index (χ3n) is 5.25. The number of aryl methyl sites for hydroxylation is 1. The lowest BCUT2D eigenvalue weighted by molar-refractivity contribution is -0.0815. The van der Waals surface area contributed by atoms with E-state index in [9.17, 15) is 0 Å². The maximum Gasteiger partial charge on any atom is 0.191 e. The van der Waals surface area contributed by atoms with Gasteiger partial charge < -0.3 is 19.9 Å². The van der Waals surface area contributed by atoms with E-state index in [1.807, 2.05) is 18.5 Å². The minimum atomic E-state index is 0.119. The molecule has 1 atom stereocenters. The van der Waals surface area contributed by atoms with Crippen LogP contribution >= 0.6 is 0 Å². The summed E-state index contributed by atoms with van der Waals surface area (Å²) in [4.78, 5) is 4.70. The summed E-state index contributed by atoms with van der Waals surface area (Å²) in [6.07, 6.45) is 7.13. The zero-order valence-electron chi connectivity index (χ0n) is 15.1. The number of nitrogens with one attached hydrogen (secondary N) is 2. The van der Waals surface area contributed by atoms with Gasteiger partial charge >= 0.3 is 0 Å². The first-order valence-corrected chi connectivity index (χ1v) is 9.15. The van der Waals surface area contributed by atoms with Gasteiger partial charge in [0, 0.05) is 26.2 Å². The van der Waals surface area contributed by atoms with Crippen molar-refractivity contribution in [2.45, 2.75) is 70.6 Å². The highest BCUT2D eigenvalue weighted by molar-refractivity contribution is 5.80. The Hall–Kier alpha value is -1.63. The van der Waals surface area contributed by atoms with Gasteiger partial charge in [0.25, 0.3) is 0 Å². The van der Waals surface area contributed by atoms with Crippen LogP contribution < -0.4 is 10.6 Å². The summed E-state index contributed by atoms with van der Waals surface area (Å²) in [6, 6.07) is 0.427. The molecule has 1 unspecified atom stereocenters. The van der Waals surface area contributed by atoms with Crippen LogP contribution in [0, 0.1) is 6.92 Å². The van der Waals surface area contributed by atoms with Crippen molar-refractivity contribution < 1.29 is 4.74 Å². The average molecular weight is 334 g/mol. The highest BCUT2D eigenvalue weighted by atomic mass is 16.5. The Morgan fingerprint density at radius 1 is 1.38 bits per heavy atom. The van der Waals surface area contributed by atoms with E-state index in [1.165, 1.54) is 25.7 Å². The van der Waals surface area contributed by atoms with Crippen molar-refractivity contribution in [3.63, 3.8) is 0 Å². The molecule has 1 aliphatic heterocycles. The number of hydrogen-bond donors (Lipinski definition) is 2. The second-order valence-corrected chi connectivity index (χ2v) is 6.99. The first-order chi connectivity index (χ1) is 11.6. The average Bonchev–Trinajstić information content (AvgIpc) is 3.14. The fourth-order valence-corrected chi connectivity index (χ4v) is 3.77. The molecule has 1 aromatic heterocycles. The number of ether oxygens (including phenoxy) is 1. The molecule has 2 N–H and O–H groups in total. The Bertz CT molecular complexity index is 576. The minimum Gasteiger partial charge on any atom is -0.375 e. The number of aliphatic imine (C=N–C) groups is 1. The molecule has 2 heterocycles. The van der Waals surface area contributed by atoms with Crippen LogP contribution in [0.25, 0.3) is 0 Å². The van der Waals surface area contributed by atoms with Crippen molar-refractivity contribution >= 4 is 5.96 Å². The van der Waals surface area contributed by atoms with Gasteiger partial charge in [0.1, 0.15) is 12.4 Å². The molecule has 1 spiro atoms. The summed E-state index contributed by atoms with van der Waals surface area (Å²) < 4.78 is 8.11. The van der Waals surface area contributed by atoms with Crippen molar-refractivity contribution in [1.82, 2.24) is 25.4 Å². The number of hydrogen-bond acceptors (Lipinski definition) is 4. The predicted octanol–water partition coefficient (Wildman–Crippen LogP) is 1.67. The molecule has 1 aromatic rings. The topological polar surface area (TPSA) is 76.4 Å². The molecule has 7 nitrogen and oxygen atoms in total. The van der Waals surface area contributed by atoms with Gasteiger partial charge in [-0.15, -0.1) is 10.2 Å². The Kier molecular flexibility index (Phi) is 5.38. The highest BCUT2D eigenvalue weighted by Gasteiger charge is 2.40. The predicted molar refractivity (Wildman–Crippen MR) is 93.9 cm³/mol. The Morgan fingerprint density at radius 3 is 2.83 bits per heavy atom. The summed E-state index contributed by atoms with van der Waals surface area (Å²) in [6.45, 7) is 6.26. The van der Waals surface area contributed by atoms with Gasteiger partial charge in [-0.05, 0) is 39.5 Å². The molecule has 7 heteroatoms. The van der Waals surface area contributed by atoms with Gasteiger partial charge in [-0.1, -0.05) is 12.8 Å². The SMILES string of the molecule is CCNC(=NCc1nnc(C)n1C)NC1CCOC2(CCCC2)C1. The third-order valence-corrected chi connectivity index (χ3v) is 5.25. The van der Waals surface area contributed by atoms with Crippen LogP contribution in [0.5, 0.6) is 0 Å². The number of guanidine groups is 1. The van der Waals surface area contributed by atoms with E-state index in [0.717, 1.165) is 43.6 Å². The summed E-state index contributed by atoms with van der Waals surface area (Å²) in [5.74, 6) is 2.65. The number of aromatic nitrogens is 3. The first kappa shape index (κ1) is 17.2. The minimum absolute atomic E-state index is 0.119. The van der Waals surface area contributed by atoms with E-state index < -0.39 is 0 Å². The van der Waals surface area contributed by atoms with Crippen molar-refractivity contribution in [3.05, 3.63) is 11.6 Å². The van der Waals surface area contributed by atoms with Crippen LogP contribution in [0.15, 0.2) is 4.99 Å². The van der Waals surface area contributed by atoms with Crippen molar-refractivity contribution in [2.75, 3.05) is 13.2 Å². The number of nitrogens with zero attached hydrogens (tertiary/aromatic N) is 4. The maximum absolute atomic E-state index is 6.12. The summed E-state index contributed by atoms with van der Waals surface area (Å²) in [5.41, 5.74) is 0.119. The Labute approximate surface area is 144 Å². The molecule has 1 aliphatic carbocycles. The quantitative estimate of drug-likeness (QED) is 0.647. The van der Waals surface area contributed by atoms with Crippen LogP contribution in [-0.2, 0) is 18.3 Å². The van der Waals surface area contributed by atoms with Gasteiger partial charge in [-0.2, -0.15) is 0 Å². The highest BCUT2D eigenvalue weighted by Crippen LogP contribution is 2.39. The first-order valence-electron chi connectivity index (χ1n) is 9.15. The molecule has 1 saturated heterocycles. The lowest BCUT2D eigenvalue weighted by Crippen LogP contribution is -2.50. The second kappa shape index (κ2) is 7.51. The molecule has 3 rings (SSSR count). The van der Waals surface area contributed by atoms with E-state index in [0.29, 0.717) is 12.6 Å². The van der Waals surface area contributed by atoms with Gasteiger partial charge in [0.05, 0.1) is 5.60 Å². The van der Waals surface area contributed by atoms with Gasteiger partial charge in [-0.3, -0.25) is 0 Å². The van der Waals surface area contributed by atoms with Crippen LogP contribution in [0.3, 0.4) is 0 Å². The molecule has 0 radical (unpaired) electrons. The van der Waals surface area contributed by atoms with E-state index in [-0.39, 0.29) is 5.60 Å². The van der Waals surface area contributed by atoms with Gasteiger partial charge in [-0.25, -0.2) is 4.99 Å². The van der Waals surface area contributed by atoms with E-state index in [1.54, 1.807) is 0 Å². The summed E-state index contributed by atoms with van der Waals surface area (Å²) in [7, 11) is 1.98. The lowest BCUT2D eigenvalue weighted by atomic mass is 9.89. The molecule has 1 saturated carbocycles. The molecule has 2 aliphatic rings. The fourth-order valence-electron chi connectivity index (χ4n) is 3.77. The number of rotatable bonds is 4. The maximum atomic E-state index is 6.12. The molecule has 0 bridgehead atoms. The van der Waals surface area contributed by atoms with Crippen LogP contribution in [0.4, 0.5) is 0 Å². The summed E-state index contributed by atoms with van der Waals surface area (Å²) >= 11 is 0. The molecule has 24 heavy (non-hydrogen) atoms.